The molecule has 0 rings (SSSR count). The second-order valence-electron chi connectivity index (χ2n) is 1.30. The van der Waals surface area contributed by atoms with Crippen LogP contribution in [0, 0.1) is 0 Å². The first kappa shape index (κ1) is 10.1. The molecule has 5 heteroatoms. The third-order valence-electron chi connectivity index (χ3n) is 0.670. The quantitative estimate of drug-likeness (QED) is 0.357. The normalized spacial score (nSPS) is 13.1. The van der Waals surface area contributed by atoms with E-state index in [-0.39, 0.29) is 6.04 Å². The maximum atomic E-state index is 10.2. The van der Waals surface area contributed by atoms with E-state index in [1.165, 1.54) is 0 Å². The molecule has 54 valence electrons. The first-order valence-electron chi connectivity index (χ1n) is 2.32. The van der Waals surface area contributed by atoms with Gasteiger partial charge in [-0.15, -0.1) is 0 Å². The minimum absolute atomic E-state index is 0.00282. The van der Waals surface area contributed by atoms with Crippen molar-refractivity contribution >= 4 is 50.7 Å². The van der Waals surface area contributed by atoms with Crippen molar-refractivity contribution in [1.82, 2.24) is 3.53 Å². The molecule has 0 aromatic rings. The van der Waals surface area contributed by atoms with Crippen LogP contribution in [0.15, 0.2) is 0 Å². The number of rotatable bonds is 5. The number of hydrogen-bond donors (Lipinski definition) is 1. The Kier molecular flexibility index (Phi) is 8.01. The van der Waals surface area contributed by atoms with Crippen LogP contribution >= 0.6 is 44.5 Å². The topological polar surface area (TPSA) is 29.1 Å². The predicted octanol–water partition coefficient (Wildman–Crippen LogP) is 1.50. The maximum absolute atomic E-state index is 10.2. The molecule has 1 atom stereocenters. The first-order chi connectivity index (χ1) is 4.35. The largest absolute Gasteiger partial charge is 0.302 e. The minimum Gasteiger partial charge on any atom is -0.302 e. The van der Waals surface area contributed by atoms with Gasteiger partial charge in [0.25, 0.3) is 0 Å². The van der Waals surface area contributed by atoms with Crippen molar-refractivity contribution in [2.75, 3.05) is 12.0 Å². The van der Waals surface area contributed by atoms with Crippen LogP contribution in [-0.4, -0.2) is 24.3 Å². The monoisotopic (exact) mass is 277 g/mol. The molecule has 0 radical (unpaired) electrons. The summed E-state index contributed by atoms with van der Waals surface area (Å²) in [6.45, 7) is 0. The van der Waals surface area contributed by atoms with Crippen molar-refractivity contribution < 1.29 is 4.79 Å². The van der Waals surface area contributed by atoms with Gasteiger partial charge in [0, 0.05) is 28.6 Å². The van der Waals surface area contributed by atoms with Gasteiger partial charge in [0.05, 0.1) is 6.04 Å². The molecule has 0 amide bonds. The molecule has 0 unspecified atom stereocenters. The van der Waals surface area contributed by atoms with Crippen LogP contribution in [0.5, 0.6) is 0 Å². The molecule has 0 heterocycles. The molecule has 0 saturated carbocycles. The summed E-state index contributed by atoms with van der Waals surface area (Å²) in [4.78, 5) is 10.2. The van der Waals surface area contributed by atoms with Gasteiger partial charge in [0.15, 0.2) is 0 Å². The molecule has 9 heavy (non-hydrogen) atoms. The van der Waals surface area contributed by atoms with Gasteiger partial charge in [-0.25, -0.2) is 3.53 Å². The van der Waals surface area contributed by atoms with E-state index in [9.17, 15) is 4.79 Å². The van der Waals surface area contributed by atoms with E-state index in [1.807, 2.05) is 29.1 Å². The number of carbonyl (C=O) groups excluding carboxylic acids is 1. The lowest BCUT2D eigenvalue weighted by Crippen LogP contribution is -2.23. The molecule has 0 aliphatic heterocycles. The molecule has 0 aliphatic carbocycles. The van der Waals surface area contributed by atoms with Crippen molar-refractivity contribution in [3.63, 3.8) is 0 Å². The Morgan fingerprint density at radius 2 is 2.56 bits per heavy atom. The van der Waals surface area contributed by atoms with Crippen LogP contribution in [0.4, 0.5) is 0 Å². The van der Waals surface area contributed by atoms with E-state index < -0.39 is 0 Å². The van der Waals surface area contributed by atoms with E-state index in [1.54, 1.807) is 21.6 Å². The van der Waals surface area contributed by atoms with Gasteiger partial charge < -0.3 is 4.79 Å². The van der Waals surface area contributed by atoms with Crippen LogP contribution in [0.1, 0.15) is 0 Å². The summed E-state index contributed by atoms with van der Waals surface area (Å²) in [6, 6.07) is 0.00282. The summed E-state index contributed by atoms with van der Waals surface area (Å²) in [5, 5.41) is 0. The number of hydrogen-bond acceptors (Lipinski definition) is 4. The molecule has 0 aliphatic rings. The third-order valence-corrected chi connectivity index (χ3v) is 3.32. The summed E-state index contributed by atoms with van der Waals surface area (Å²) >= 11 is 1.99. The summed E-state index contributed by atoms with van der Waals surface area (Å²) < 4.78 is 2.85. The molecule has 2 nitrogen and oxygen atoms in total. The highest BCUT2D eigenvalue weighted by molar-refractivity contribution is 14.1. The van der Waals surface area contributed by atoms with Gasteiger partial charge in [-0.05, 0) is 6.26 Å². The third kappa shape index (κ3) is 5.50. The molecule has 1 N–H and O–H groups in total. The van der Waals surface area contributed by atoms with Gasteiger partial charge in [0.2, 0.25) is 0 Å². The highest BCUT2D eigenvalue weighted by Gasteiger charge is 2.02. The molecular weight excluding hydrogens is 269 g/mol. The van der Waals surface area contributed by atoms with Crippen molar-refractivity contribution in [2.24, 2.45) is 0 Å². The number of aldehydes is 1. The molecule has 0 bridgehead atoms. The van der Waals surface area contributed by atoms with Gasteiger partial charge >= 0.3 is 0 Å². The molecule has 0 aromatic carbocycles. The smallest absolute Gasteiger partial charge is 0.138 e. The molecule has 0 spiro atoms. The lowest BCUT2D eigenvalue weighted by Gasteiger charge is -2.03. The predicted molar refractivity (Wildman–Crippen MR) is 53.0 cm³/mol. The Bertz CT molecular complexity index is 83.0. The van der Waals surface area contributed by atoms with E-state index >= 15 is 0 Å². The average molecular weight is 277 g/mol. The van der Waals surface area contributed by atoms with Crippen molar-refractivity contribution in [3.8, 4) is 0 Å². The van der Waals surface area contributed by atoms with Gasteiger partial charge in [-0.3, -0.25) is 0 Å². The zero-order valence-corrected chi connectivity index (χ0v) is 8.76. The van der Waals surface area contributed by atoms with Crippen molar-refractivity contribution in [1.29, 1.82) is 0 Å². The lowest BCUT2D eigenvalue weighted by molar-refractivity contribution is -0.108. The molecule has 0 fully saturated rings. The highest BCUT2D eigenvalue weighted by atomic mass is 127. The lowest BCUT2D eigenvalue weighted by atomic mass is 10.4. The maximum Gasteiger partial charge on any atom is 0.138 e. The zero-order valence-electron chi connectivity index (χ0n) is 4.96. The van der Waals surface area contributed by atoms with Crippen molar-refractivity contribution in [3.05, 3.63) is 0 Å². The Morgan fingerprint density at radius 1 is 1.89 bits per heavy atom. The Morgan fingerprint density at radius 3 is 2.89 bits per heavy atom. The summed E-state index contributed by atoms with van der Waals surface area (Å²) in [6.07, 6.45) is 2.93. The number of carbonyl (C=O) groups is 1. The van der Waals surface area contributed by atoms with Crippen LogP contribution in [-0.2, 0) is 4.79 Å². The SMILES string of the molecule is CSSC[C@@H](C=O)NI. The number of nitrogens with one attached hydrogen (secondary N) is 1. The van der Waals surface area contributed by atoms with Gasteiger partial charge in [-0.2, -0.15) is 0 Å². The standard InChI is InChI=1S/C4H8INOS2/c1-8-9-3-4(2-7)6-5/h2,4,6H,3H2,1H3/t4-/m1/s1. The van der Waals surface area contributed by atoms with E-state index in [0.29, 0.717) is 0 Å². The Hall–Kier alpha value is 1.06. The molecule has 0 aromatic heterocycles. The van der Waals surface area contributed by atoms with Crippen LogP contribution < -0.4 is 3.53 Å². The highest BCUT2D eigenvalue weighted by Crippen LogP contribution is 2.17. The minimum atomic E-state index is 0.00282. The molecular formula is C4H8INOS2. The summed E-state index contributed by atoms with van der Waals surface area (Å²) in [5.74, 6) is 0.841. The van der Waals surface area contributed by atoms with Crippen LogP contribution in [0.3, 0.4) is 0 Å². The fourth-order valence-corrected chi connectivity index (χ4v) is 2.20. The van der Waals surface area contributed by atoms with Gasteiger partial charge in [-0.1, -0.05) is 21.6 Å². The van der Waals surface area contributed by atoms with E-state index in [0.717, 1.165) is 12.0 Å². The second kappa shape index (κ2) is 7.17. The van der Waals surface area contributed by atoms with Crippen molar-refractivity contribution in [2.45, 2.75) is 6.04 Å². The van der Waals surface area contributed by atoms with E-state index in [4.69, 9.17) is 0 Å². The van der Waals surface area contributed by atoms with E-state index in [2.05, 4.69) is 3.53 Å². The second-order valence-corrected chi connectivity index (χ2v) is 4.54. The molecule has 0 saturated heterocycles. The average Bonchev–Trinajstić information content (AvgIpc) is 1.91. The number of halogens is 1. The summed E-state index contributed by atoms with van der Waals surface area (Å²) in [7, 11) is 3.36. The van der Waals surface area contributed by atoms with Crippen LogP contribution in [0.25, 0.3) is 0 Å². The van der Waals surface area contributed by atoms with Gasteiger partial charge in [0.1, 0.15) is 6.29 Å². The fraction of sp³-hybridized carbons (Fsp3) is 0.750. The Labute approximate surface area is 76.8 Å². The Balaban J connectivity index is 3.20. The fourth-order valence-electron chi connectivity index (χ4n) is 0.238. The summed E-state index contributed by atoms with van der Waals surface area (Å²) in [5.41, 5.74) is 0. The zero-order chi connectivity index (χ0) is 7.11. The first-order valence-corrected chi connectivity index (χ1v) is 6.12. The van der Waals surface area contributed by atoms with Crippen LogP contribution in [0.2, 0.25) is 0 Å².